The van der Waals surface area contributed by atoms with Crippen LogP contribution in [0.4, 0.5) is 0 Å². The second-order valence-corrected chi connectivity index (χ2v) is 5.25. The van der Waals surface area contributed by atoms with Gasteiger partial charge >= 0.3 is 0 Å². The van der Waals surface area contributed by atoms with Gasteiger partial charge < -0.3 is 21.0 Å². The van der Waals surface area contributed by atoms with Gasteiger partial charge in [-0.25, -0.2) is 0 Å². The van der Waals surface area contributed by atoms with Crippen LogP contribution in [0.1, 0.15) is 32.4 Å². The van der Waals surface area contributed by atoms with Gasteiger partial charge in [0.05, 0.1) is 13.2 Å². The van der Waals surface area contributed by atoms with Crippen LogP contribution in [0.2, 0.25) is 0 Å². The zero-order valence-corrected chi connectivity index (χ0v) is 12.8. The molecule has 0 bridgehead atoms. The first-order valence-corrected chi connectivity index (χ1v) is 6.82. The van der Waals surface area contributed by atoms with Crippen molar-refractivity contribution in [3.63, 3.8) is 0 Å². The number of hydrogen-bond donors (Lipinski definition) is 3. The Labute approximate surface area is 125 Å². The van der Waals surface area contributed by atoms with Crippen LogP contribution < -0.4 is 15.8 Å². The van der Waals surface area contributed by atoms with Gasteiger partial charge in [0.2, 0.25) is 5.91 Å². The quantitative estimate of drug-likeness (QED) is 0.323. The number of rotatable bonds is 6. The predicted octanol–water partition coefficient (Wildman–Crippen LogP) is 1.89. The van der Waals surface area contributed by atoms with Crippen molar-refractivity contribution in [2.45, 2.75) is 26.8 Å². The topological polar surface area (TPSA) is 96.9 Å². The predicted molar refractivity (Wildman–Crippen MR) is 81.3 cm³/mol. The van der Waals surface area contributed by atoms with Crippen molar-refractivity contribution in [3.05, 3.63) is 29.8 Å². The molecule has 0 fully saturated rings. The van der Waals surface area contributed by atoms with Gasteiger partial charge in [0, 0.05) is 0 Å². The fraction of sp³-hybridized carbons (Fsp3) is 0.467. The maximum absolute atomic E-state index is 12.3. The summed E-state index contributed by atoms with van der Waals surface area (Å²) in [6, 6.07) is 7.26. The average molecular weight is 293 g/mol. The highest BCUT2D eigenvalue weighted by molar-refractivity contribution is 6.02. The lowest BCUT2D eigenvalue weighted by Crippen LogP contribution is -2.42. The first-order valence-electron chi connectivity index (χ1n) is 6.82. The molecule has 2 unspecified atom stereocenters. The minimum atomic E-state index is -0.657. The number of carbonyl (C=O) groups is 1. The van der Waals surface area contributed by atoms with Gasteiger partial charge in [-0.05, 0) is 30.5 Å². The third-order valence-corrected chi connectivity index (χ3v) is 3.36. The normalized spacial score (nSPS) is 14.6. The first kappa shape index (κ1) is 16.8. The zero-order valence-electron chi connectivity index (χ0n) is 12.8. The van der Waals surface area contributed by atoms with Crippen molar-refractivity contribution in [1.29, 1.82) is 0 Å². The molecule has 1 amide bonds. The molecule has 6 nitrogen and oxygen atoms in total. The number of nitrogens with two attached hydrogens (primary N) is 1. The van der Waals surface area contributed by atoms with E-state index in [1.54, 1.807) is 7.11 Å². The minimum absolute atomic E-state index is 0.0658. The Hall–Kier alpha value is -2.24. The third-order valence-electron chi connectivity index (χ3n) is 3.36. The molecule has 116 valence electrons. The number of methoxy groups -OCH3 is 1. The molecular weight excluding hydrogens is 270 g/mol. The lowest BCUT2D eigenvalue weighted by atomic mass is 9.93. The van der Waals surface area contributed by atoms with E-state index in [0.29, 0.717) is 0 Å². The van der Waals surface area contributed by atoms with E-state index >= 15 is 0 Å². The maximum atomic E-state index is 12.3. The molecule has 0 heterocycles. The number of oxime groups is 1. The van der Waals surface area contributed by atoms with E-state index in [1.165, 1.54) is 0 Å². The fourth-order valence-corrected chi connectivity index (χ4v) is 2.12. The Bertz CT molecular complexity index is 497. The highest BCUT2D eigenvalue weighted by Gasteiger charge is 2.27. The van der Waals surface area contributed by atoms with Crippen molar-refractivity contribution in [2.75, 3.05) is 7.11 Å². The Balaban J connectivity index is 2.80. The average Bonchev–Trinajstić information content (AvgIpc) is 2.46. The maximum Gasteiger partial charge on any atom is 0.231 e. The monoisotopic (exact) mass is 293 g/mol. The molecule has 1 rings (SSSR count). The number of benzene rings is 1. The summed E-state index contributed by atoms with van der Waals surface area (Å²) in [5.41, 5.74) is 6.54. The number of hydrogen-bond acceptors (Lipinski definition) is 4. The van der Waals surface area contributed by atoms with Crippen LogP contribution in [0.3, 0.4) is 0 Å². The first-order chi connectivity index (χ1) is 9.90. The number of nitrogens with one attached hydrogen (secondary N) is 1. The van der Waals surface area contributed by atoms with Crippen LogP contribution in [0.15, 0.2) is 29.4 Å². The van der Waals surface area contributed by atoms with Crippen LogP contribution in [0.25, 0.3) is 0 Å². The SMILES string of the molecule is COc1ccc(C(C)NC(=O)C(C(N)=NO)C(C)C)cc1. The number of amides is 1. The number of ether oxygens (including phenoxy) is 1. The minimum Gasteiger partial charge on any atom is -0.497 e. The van der Waals surface area contributed by atoms with Crippen LogP contribution in [-0.2, 0) is 4.79 Å². The molecule has 0 aliphatic rings. The summed E-state index contributed by atoms with van der Waals surface area (Å²) in [4.78, 5) is 12.3. The van der Waals surface area contributed by atoms with E-state index in [9.17, 15) is 4.79 Å². The smallest absolute Gasteiger partial charge is 0.231 e. The Morgan fingerprint density at radius 2 is 1.86 bits per heavy atom. The van der Waals surface area contributed by atoms with E-state index in [0.717, 1.165) is 11.3 Å². The molecular formula is C15H23N3O3. The number of carbonyl (C=O) groups excluding carboxylic acids is 1. The Morgan fingerprint density at radius 1 is 1.29 bits per heavy atom. The summed E-state index contributed by atoms with van der Waals surface area (Å²) in [6.45, 7) is 5.57. The molecule has 1 aromatic rings. The molecule has 0 radical (unpaired) electrons. The van der Waals surface area contributed by atoms with Crippen LogP contribution in [0, 0.1) is 11.8 Å². The summed E-state index contributed by atoms with van der Waals surface area (Å²) in [5.74, 6) is -0.304. The van der Waals surface area contributed by atoms with Gasteiger partial charge in [0.15, 0.2) is 5.84 Å². The molecule has 0 saturated heterocycles. The van der Waals surface area contributed by atoms with E-state index in [-0.39, 0.29) is 23.7 Å². The highest BCUT2D eigenvalue weighted by Crippen LogP contribution is 2.19. The van der Waals surface area contributed by atoms with Gasteiger partial charge in [-0.15, -0.1) is 0 Å². The summed E-state index contributed by atoms with van der Waals surface area (Å²) < 4.78 is 5.10. The summed E-state index contributed by atoms with van der Waals surface area (Å²) >= 11 is 0. The highest BCUT2D eigenvalue weighted by atomic mass is 16.5. The summed E-state index contributed by atoms with van der Waals surface area (Å²) in [5, 5.41) is 14.6. The molecule has 0 saturated carbocycles. The van der Waals surface area contributed by atoms with Crippen molar-refractivity contribution >= 4 is 11.7 Å². The second-order valence-electron chi connectivity index (χ2n) is 5.25. The van der Waals surface area contributed by atoms with Gasteiger partial charge in [-0.3, -0.25) is 4.79 Å². The van der Waals surface area contributed by atoms with E-state index < -0.39 is 5.92 Å². The van der Waals surface area contributed by atoms with E-state index in [2.05, 4.69) is 10.5 Å². The Kier molecular flexibility index (Phi) is 6.02. The number of nitrogens with zero attached hydrogens (tertiary/aromatic N) is 1. The van der Waals surface area contributed by atoms with Crippen LogP contribution in [-0.4, -0.2) is 24.1 Å². The second kappa shape index (κ2) is 7.52. The third kappa shape index (κ3) is 4.37. The summed E-state index contributed by atoms with van der Waals surface area (Å²) in [6.07, 6.45) is 0. The molecule has 0 aliphatic heterocycles. The standard InChI is InChI=1S/C15H23N3O3/c1-9(2)13(14(16)18-20)15(19)17-10(3)11-5-7-12(21-4)8-6-11/h5-10,13,20H,1-4H3,(H2,16,18)(H,17,19). The fourth-order valence-electron chi connectivity index (χ4n) is 2.12. The van der Waals surface area contributed by atoms with E-state index in [4.69, 9.17) is 15.7 Å². The number of amidine groups is 1. The molecule has 2 atom stereocenters. The van der Waals surface area contributed by atoms with Gasteiger partial charge in [-0.2, -0.15) is 0 Å². The van der Waals surface area contributed by atoms with Crippen molar-refractivity contribution in [1.82, 2.24) is 5.32 Å². The van der Waals surface area contributed by atoms with Crippen LogP contribution in [0.5, 0.6) is 5.75 Å². The molecule has 0 aliphatic carbocycles. The zero-order chi connectivity index (χ0) is 16.0. The van der Waals surface area contributed by atoms with Crippen LogP contribution >= 0.6 is 0 Å². The molecule has 1 aromatic carbocycles. The Morgan fingerprint density at radius 3 is 2.29 bits per heavy atom. The lowest BCUT2D eigenvalue weighted by molar-refractivity contribution is -0.124. The van der Waals surface area contributed by atoms with Crippen molar-refractivity contribution < 1.29 is 14.7 Å². The largest absolute Gasteiger partial charge is 0.497 e. The molecule has 4 N–H and O–H groups in total. The lowest BCUT2D eigenvalue weighted by Gasteiger charge is -2.22. The van der Waals surface area contributed by atoms with Gasteiger partial charge in [-0.1, -0.05) is 31.1 Å². The molecule has 0 aromatic heterocycles. The molecule has 6 heteroatoms. The van der Waals surface area contributed by atoms with Gasteiger partial charge in [0.1, 0.15) is 11.7 Å². The summed E-state index contributed by atoms with van der Waals surface area (Å²) in [7, 11) is 1.60. The molecule has 21 heavy (non-hydrogen) atoms. The molecule has 0 spiro atoms. The van der Waals surface area contributed by atoms with Crippen molar-refractivity contribution in [2.24, 2.45) is 22.7 Å². The van der Waals surface area contributed by atoms with Crippen molar-refractivity contribution in [3.8, 4) is 5.75 Å². The van der Waals surface area contributed by atoms with Gasteiger partial charge in [0.25, 0.3) is 0 Å². The van der Waals surface area contributed by atoms with E-state index in [1.807, 2.05) is 45.0 Å².